The second-order valence-corrected chi connectivity index (χ2v) is 7.54. The summed E-state index contributed by atoms with van der Waals surface area (Å²) in [5, 5.41) is 0.598. The zero-order chi connectivity index (χ0) is 16.5. The van der Waals surface area contributed by atoms with Crippen LogP contribution in [0.1, 0.15) is 15.9 Å². The molecule has 0 amide bonds. The average Bonchev–Trinajstić information content (AvgIpc) is 2.42. The molecule has 0 spiro atoms. The van der Waals surface area contributed by atoms with Crippen LogP contribution in [0.4, 0.5) is 0 Å². The molecule has 0 bridgehead atoms. The SMILES string of the molecule is Cc1ccc(C(=O)Oc2cc(Cl)ccc2Cl)cc1S(C)(=O)=O. The van der Waals surface area contributed by atoms with Gasteiger partial charge in [-0.2, -0.15) is 0 Å². The average molecular weight is 359 g/mol. The fraction of sp³-hybridized carbons (Fsp3) is 0.133. The quantitative estimate of drug-likeness (QED) is 0.616. The monoisotopic (exact) mass is 358 g/mol. The molecule has 0 saturated heterocycles. The Morgan fingerprint density at radius 2 is 1.77 bits per heavy atom. The van der Waals surface area contributed by atoms with Crippen molar-refractivity contribution in [2.24, 2.45) is 0 Å². The van der Waals surface area contributed by atoms with Gasteiger partial charge in [0, 0.05) is 17.3 Å². The summed E-state index contributed by atoms with van der Waals surface area (Å²) in [6.07, 6.45) is 1.08. The van der Waals surface area contributed by atoms with E-state index in [1.165, 1.54) is 24.3 Å². The number of hydrogen-bond acceptors (Lipinski definition) is 4. The van der Waals surface area contributed by atoms with Gasteiger partial charge in [-0.05, 0) is 36.8 Å². The van der Waals surface area contributed by atoms with Crippen molar-refractivity contribution in [2.75, 3.05) is 6.26 Å². The lowest BCUT2D eigenvalue weighted by atomic mass is 10.1. The molecular weight excluding hydrogens is 347 g/mol. The molecule has 2 aromatic carbocycles. The molecule has 0 saturated carbocycles. The van der Waals surface area contributed by atoms with Crippen LogP contribution < -0.4 is 4.74 Å². The van der Waals surface area contributed by atoms with Crippen LogP contribution in [-0.4, -0.2) is 20.6 Å². The molecule has 0 aliphatic rings. The first-order chi connectivity index (χ1) is 10.2. The molecule has 0 aliphatic heterocycles. The summed E-state index contributed by atoms with van der Waals surface area (Å²) < 4.78 is 28.6. The maximum Gasteiger partial charge on any atom is 0.343 e. The molecule has 22 heavy (non-hydrogen) atoms. The number of sulfone groups is 1. The van der Waals surface area contributed by atoms with Gasteiger partial charge < -0.3 is 4.74 Å². The molecule has 0 aliphatic carbocycles. The Balaban J connectivity index is 2.36. The van der Waals surface area contributed by atoms with Crippen LogP contribution in [-0.2, 0) is 9.84 Å². The molecule has 0 aromatic heterocycles. The number of rotatable bonds is 3. The number of carbonyl (C=O) groups excluding carboxylic acids is 1. The van der Waals surface area contributed by atoms with Gasteiger partial charge in [0.2, 0.25) is 0 Å². The van der Waals surface area contributed by atoms with E-state index in [-0.39, 0.29) is 21.2 Å². The maximum absolute atomic E-state index is 12.1. The second kappa shape index (κ2) is 6.28. The van der Waals surface area contributed by atoms with E-state index < -0.39 is 15.8 Å². The van der Waals surface area contributed by atoms with Crippen LogP contribution in [0.15, 0.2) is 41.3 Å². The van der Waals surface area contributed by atoms with Crippen molar-refractivity contribution in [3.05, 3.63) is 57.6 Å². The number of esters is 1. The molecule has 7 heteroatoms. The lowest BCUT2D eigenvalue weighted by Crippen LogP contribution is -2.11. The third-order valence-corrected chi connectivity index (χ3v) is 4.71. The van der Waals surface area contributed by atoms with E-state index in [1.54, 1.807) is 19.1 Å². The van der Waals surface area contributed by atoms with Crippen molar-refractivity contribution in [2.45, 2.75) is 11.8 Å². The van der Waals surface area contributed by atoms with E-state index in [2.05, 4.69) is 0 Å². The summed E-state index contributed by atoms with van der Waals surface area (Å²) in [6, 6.07) is 8.80. The van der Waals surface area contributed by atoms with E-state index >= 15 is 0 Å². The standard InChI is InChI=1S/C15H12Cl2O4S/c1-9-3-4-10(7-14(9)22(2,19)20)15(18)21-13-8-11(16)5-6-12(13)17/h3-8H,1-2H3. The van der Waals surface area contributed by atoms with E-state index in [4.69, 9.17) is 27.9 Å². The van der Waals surface area contributed by atoms with Crippen LogP contribution in [0.2, 0.25) is 10.0 Å². The first-order valence-electron chi connectivity index (χ1n) is 6.16. The highest BCUT2D eigenvalue weighted by Crippen LogP contribution is 2.28. The van der Waals surface area contributed by atoms with Gasteiger partial charge in [-0.3, -0.25) is 0 Å². The van der Waals surface area contributed by atoms with Gasteiger partial charge in [-0.25, -0.2) is 13.2 Å². The maximum atomic E-state index is 12.1. The van der Waals surface area contributed by atoms with Crippen LogP contribution in [0.5, 0.6) is 5.75 Å². The molecule has 2 aromatic rings. The highest BCUT2D eigenvalue weighted by atomic mass is 35.5. The van der Waals surface area contributed by atoms with E-state index in [1.807, 2.05) is 0 Å². The van der Waals surface area contributed by atoms with Gasteiger partial charge in [0.25, 0.3) is 0 Å². The van der Waals surface area contributed by atoms with Crippen LogP contribution in [0.25, 0.3) is 0 Å². The number of benzene rings is 2. The highest BCUT2D eigenvalue weighted by molar-refractivity contribution is 7.90. The van der Waals surface area contributed by atoms with Gasteiger partial charge in [-0.15, -0.1) is 0 Å². The van der Waals surface area contributed by atoms with Crippen molar-refractivity contribution >= 4 is 39.0 Å². The van der Waals surface area contributed by atoms with Crippen molar-refractivity contribution in [1.29, 1.82) is 0 Å². The molecule has 0 fully saturated rings. The van der Waals surface area contributed by atoms with Crippen LogP contribution in [0, 0.1) is 6.92 Å². The third kappa shape index (κ3) is 3.80. The zero-order valence-corrected chi connectivity index (χ0v) is 14.1. The van der Waals surface area contributed by atoms with E-state index in [0.717, 1.165) is 6.26 Å². The van der Waals surface area contributed by atoms with E-state index in [9.17, 15) is 13.2 Å². The number of aryl methyl sites for hydroxylation is 1. The second-order valence-electron chi connectivity index (χ2n) is 4.72. The molecule has 0 heterocycles. The molecule has 0 atom stereocenters. The number of hydrogen-bond donors (Lipinski definition) is 0. The Morgan fingerprint density at radius 1 is 1.09 bits per heavy atom. The van der Waals surface area contributed by atoms with Crippen molar-refractivity contribution in [3.8, 4) is 5.75 Å². The topological polar surface area (TPSA) is 60.4 Å². The molecule has 116 valence electrons. The lowest BCUT2D eigenvalue weighted by Gasteiger charge is -2.09. The fourth-order valence-electron chi connectivity index (χ4n) is 1.84. The molecule has 0 radical (unpaired) electrons. The Labute approximate surface area is 138 Å². The minimum atomic E-state index is -3.43. The highest BCUT2D eigenvalue weighted by Gasteiger charge is 2.17. The molecule has 2 rings (SSSR count). The minimum absolute atomic E-state index is 0.0825. The van der Waals surface area contributed by atoms with Crippen LogP contribution >= 0.6 is 23.2 Å². The van der Waals surface area contributed by atoms with Gasteiger partial charge in [0.1, 0.15) is 0 Å². The summed E-state index contributed by atoms with van der Waals surface area (Å²) in [6.45, 7) is 1.65. The Bertz CT molecular complexity index is 845. The first kappa shape index (κ1) is 16.8. The fourth-order valence-corrected chi connectivity index (χ4v) is 3.15. The first-order valence-corrected chi connectivity index (χ1v) is 8.81. The van der Waals surface area contributed by atoms with Gasteiger partial charge in [0.15, 0.2) is 15.6 Å². The van der Waals surface area contributed by atoms with Gasteiger partial charge in [-0.1, -0.05) is 29.3 Å². The summed E-state index contributed by atoms with van der Waals surface area (Å²) >= 11 is 11.7. The summed E-state index contributed by atoms with van der Waals surface area (Å²) in [5.74, 6) is -0.602. The Hall–Kier alpha value is -1.56. The third-order valence-electron chi connectivity index (χ3n) is 2.92. The summed E-state index contributed by atoms with van der Waals surface area (Å²) in [5.41, 5.74) is 0.668. The molecule has 0 N–H and O–H groups in total. The van der Waals surface area contributed by atoms with Gasteiger partial charge >= 0.3 is 5.97 Å². The minimum Gasteiger partial charge on any atom is -0.421 e. The number of ether oxygens (including phenoxy) is 1. The predicted molar refractivity (Wildman–Crippen MR) is 85.7 cm³/mol. The number of halogens is 2. The number of carbonyl (C=O) groups is 1. The Kier molecular flexibility index (Phi) is 4.80. The molecular formula is C15H12Cl2O4S. The van der Waals surface area contributed by atoms with Crippen LogP contribution in [0.3, 0.4) is 0 Å². The normalized spacial score (nSPS) is 11.3. The summed E-state index contributed by atoms with van der Waals surface area (Å²) in [7, 11) is -3.43. The predicted octanol–water partition coefficient (Wildman–Crippen LogP) is 3.92. The molecule has 0 unspecified atom stereocenters. The molecule has 4 nitrogen and oxygen atoms in total. The zero-order valence-electron chi connectivity index (χ0n) is 11.8. The lowest BCUT2D eigenvalue weighted by molar-refractivity contribution is 0.0734. The van der Waals surface area contributed by atoms with Crippen molar-refractivity contribution in [3.63, 3.8) is 0 Å². The van der Waals surface area contributed by atoms with E-state index in [0.29, 0.717) is 10.6 Å². The van der Waals surface area contributed by atoms with Gasteiger partial charge in [0.05, 0.1) is 15.5 Å². The smallest absolute Gasteiger partial charge is 0.343 e. The van der Waals surface area contributed by atoms with Crippen molar-refractivity contribution in [1.82, 2.24) is 0 Å². The summed E-state index contributed by atoms with van der Waals surface area (Å²) in [4.78, 5) is 12.2. The largest absolute Gasteiger partial charge is 0.421 e. The Morgan fingerprint density at radius 3 is 2.41 bits per heavy atom. The van der Waals surface area contributed by atoms with Crippen molar-refractivity contribution < 1.29 is 17.9 Å².